The van der Waals surface area contributed by atoms with E-state index in [2.05, 4.69) is 24.0 Å². The van der Waals surface area contributed by atoms with Crippen LogP contribution in [0.1, 0.15) is 70.6 Å². The van der Waals surface area contributed by atoms with Gasteiger partial charge in [-0.25, -0.2) is 8.78 Å². The first-order chi connectivity index (χ1) is 14.6. The molecule has 168 valence electrons. The van der Waals surface area contributed by atoms with E-state index in [0.29, 0.717) is 12.5 Å². The number of likely N-dealkylation sites (N-methyl/N-ethyl adjacent to an activating group) is 1. The maximum Gasteiger partial charge on any atom is 0.248 e. The summed E-state index contributed by atoms with van der Waals surface area (Å²) in [6, 6.07) is 5.52. The van der Waals surface area contributed by atoms with Crippen molar-refractivity contribution in [3.05, 3.63) is 47.2 Å². The largest absolute Gasteiger partial charge is 0.387 e. The molecule has 0 radical (unpaired) electrons. The van der Waals surface area contributed by atoms with Crippen molar-refractivity contribution in [1.29, 1.82) is 0 Å². The number of carbonyl (C=O) groups excluding carboxylic acids is 1. The second-order valence-electron chi connectivity index (χ2n) is 9.10. The molecular weight excluding hydrogens is 400 g/mol. The fourth-order valence-corrected chi connectivity index (χ4v) is 5.05. The molecule has 7 heteroatoms. The van der Waals surface area contributed by atoms with Crippen LogP contribution in [0, 0.1) is 17.6 Å². The predicted molar refractivity (Wildman–Crippen MR) is 115 cm³/mol. The monoisotopic (exact) mass is 431 g/mol. The number of hydrogen-bond donors (Lipinski definition) is 1. The molecule has 2 unspecified atom stereocenters. The van der Waals surface area contributed by atoms with E-state index in [0.717, 1.165) is 24.1 Å². The normalized spacial score (nSPS) is 18.7. The fraction of sp³-hybridized carbons (Fsp3) is 0.542. The standard InChI is InChI=1S/C24H31F2N3O2/c1-6-29(21(31)13-30)24(4,5)17-11-10-15(14(2)3)16-12-20(27-28-23(16)17)22-18(25)8-7-9-19(22)26/h7-9,12,14-15,17,30H,6,10-11,13H2,1-5H3. The molecule has 1 aliphatic rings. The van der Waals surface area contributed by atoms with E-state index in [1.165, 1.54) is 18.2 Å². The van der Waals surface area contributed by atoms with Gasteiger partial charge in [0.2, 0.25) is 5.91 Å². The summed E-state index contributed by atoms with van der Waals surface area (Å²) < 4.78 is 28.8. The van der Waals surface area contributed by atoms with Gasteiger partial charge in [0.1, 0.15) is 18.2 Å². The Bertz CT molecular complexity index is 942. The quantitative estimate of drug-likeness (QED) is 0.723. The molecule has 2 aromatic rings. The fourth-order valence-electron chi connectivity index (χ4n) is 5.05. The van der Waals surface area contributed by atoms with Gasteiger partial charge in [-0.1, -0.05) is 19.9 Å². The summed E-state index contributed by atoms with van der Waals surface area (Å²) in [6.45, 7) is 9.97. The van der Waals surface area contributed by atoms with Crippen LogP contribution in [0.4, 0.5) is 8.78 Å². The first kappa shape index (κ1) is 23.3. The molecule has 0 fully saturated rings. The highest BCUT2D eigenvalue weighted by Crippen LogP contribution is 2.47. The number of aliphatic hydroxyl groups excluding tert-OH is 1. The summed E-state index contributed by atoms with van der Waals surface area (Å²) in [7, 11) is 0. The molecule has 1 amide bonds. The average molecular weight is 432 g/mol. The molecule has 1 heterocycles. The Kier molecular flexibility index (Phi) is 6.74. The number of benzene rings is 1. The Morgan fingerprint density at radius 3 is 2.42 bits per heavy atom. The van der Waals surface area contributed by atoms with Gasteiger partial charge in [-0.15, -0.1) is 0 Å². The van der Waals surface area contributed by atoms with Crippen LogP contribution in [0.2, 0.25) is 0 Å². The van der Waals surface area contributed by atoms with Crippen molar-refractivity contribution < 1.29 is 18.7 Å². The number of aliphatic hydroxyl groups is 1. The van der Waals surface area contributed by atoms with Gasteiger partial charge in [-0.2, -0.15) is 10.2 Å². The molecule has 0 saturated carbocycles. The summed E-state index contributed by atoms with van der Waals surface area (Å²) in [6.07, 6.45) is 1.68. The van der Waals surface area contributed by atoms with Crippen molar-refractivity contribution in [2.24, 2.45) is 5.92 Å². The number of fused-ring (bicyclic) bond motifs is 1. The van der Waals surface area contributed by atoms with Crippen LogP contribution in [0.15, 0.2) is 24.3 Å². The van der Waals surface area contributed by atoms with Gasteiger partial charge in [0, 0.05) is 18.0 Å². The Labute approximate surface area is 182 Å². The first-order valence-corrected chi connectivity index (χ1v) is 10.9. The maximum atomic E-state index is 14.4. The zero-order chi connectivity index (χ0) is 22.9. The van der Waals surface area contributed by atoms with Crippen LogP contribution in [-0.4, -0.2) is 44.8 Å². The van der Waals surface area contributed by atoms with Crippen molar-refractivity contribution in [3.63, 3.8) is 0 Å². The van der Waals surface area contributed by atoms with E-state index in [4.69, 9.17) is 0 Å². The Morgan fingerprint density at radius 2 is 1.87 bits per heavy atom. The number of hydrogen-bond acceptors (Lipinski definition) is 4. The van der Waals surface area contributed by atoms with Gasteiger partial charge >= 0.3 is 0 Å². The molecular formula is C24H31F2N3O2. The summed E-state index contributed by atoms with van der Waals surface area (Å²) >= 11 is 0. The molecule has 0 spiro atoms. The topological polar surface area (TPSA) is 66.3 Å². The van der Waals surface area contributed by atoms with Crippen molar-refractivity contribution in [2.45, 2.75) is 64.8 Å². The highest BCUT2D eigenvalue weighted by molar-refractivity contribution is 5.78. The molecule has 0 aliphatic heterocycles. The molecule has 1 N–H and O–H groups in total. The van der Waals surface area contributed by atoms with Crippen molar-refractivity contribution in [3.8, 4) is 11.3 Å². The summed E-state index contributed by atoms with van der Waals surface area (Å²) in [5.41, 5.74) is 1.09. The van der Waals surface area contributed by atoms with Crippen LogP contribution >= 0.6 is 0 Å². The second kappa shape index (κ2) is 8.99. The van der Waals surface area contributed by atoms with Crippen LogP contribution in [0.25, 0.3) is 11.3 Å². The lowest BCUT2D eigenvalue weighted by atomic mass is 9.68. The number of rotatable bonds is 6. The average Bonchev–Trinajstić information content (AvgIpc) is 2.72. The van der Waals surface area contributed by atoms with E-state index < -0.39 is 23.8 Å². The van der Waals surface area contributed by atoms with Gasteiger partial charge < -0.3 is 10.0 Å². The SMILES string of the molecule is CCN(C(=O)CO)C(C)(C)C1CCC(C(C)C)c2cc(-c3c(F)cccc3F)nnc21. The maximum absolute atomic E-state index is 14.4. The van der Waals surface area contributed by atoms with Crippen LogP contribution < -0.4 is 0 Å². The minimum absolute atomic E-state index is 0.111. The molecule has 3 rings (SSSR count). The third kappa shape index (κ3) is 4.20. The third-order valence-electron chi connectivity index (χ3n) is 6.67. The van der Waals surface area contributed by atoms with Crippen LogP contribution in [-0.2, 0) is 4.79 Å². The smallest absolute Gasteiger partial charge is 0.248 e. The van der Waals surface area contributed by atoms with Gasteiger partial charge in [-0.3, -0.25) is 4.79 Å². The molecule has 0 bridgehead atoms. The zero-order valence-electron chi connectivity index (χ0n) is 18.8. The van der Waals surface area contributed by atoms with Gasteiger partial charge in [-0.05, 0) is 69.2 Å². The lowest BCUT2D eigenvalue weighted by Gasteiger charge is -2.46. The predicted octanol–water partition coefficient (Wildman–Crippen LogP) is 4.66. The van der Waals surface area contributed by atoms with E-state index in [1.807, 2.05) is 20.8 Å². The summed E-state index contributed by atoms with van der Waals surface area (Å²) in [5.74, 6) is -1.30. The van der Waals surface area contributed by atoms with E-state index in [1.54, 1.807) is 11.0 Å². The van der Waals surface area contributed by atoms with E-state index in [-0.39, 0.29) is 29.0 Å². The lowest BCUT2D eigenvalue weighted by Crippen LogP contribution is -2.53. The zero-order valence-corrected chi connectivity index (χ0v) is 18.8. The molecule has 1 aliphatic carbocycles. The van der Waals surface area contributed by atoms with E-state index in [9.17, 15) is 18.7 Å². The van der Waals surface area contributed by atoms with Crippen LogP contribution in [0.3, 0.4) is 0 Å². The van der Waals surface area contributed by atoms with Gasteiger partial charge in [0.25, 0.3) is 0 Å². The number of halogens is 2. The number of nitrogens with zero attached hydrogens (tertiary/aromatic N) is 3. The summed E-state index contributed by atoms with van der Waals surface area (Å²) in [5, 5.41) is 18.1. The Balaban J connectivity index is 2.14. The number of carbonyl (C=O) groups is 1. The Morgan fingerprint density at radius 1 is 1.23 bits per heavy atom. The van der Waals surface area contributed by atoms with Gasteiger partial charge in [0.05, 0.1) is 17.0 Å². The van der Waals surface area contributed by atoms with Crippen molar-refractivity contribution in [2.75, 3.05) is 13.2 Å². The molecule has 5 nitrogen and oxygen atoms in total. The molecule has 31 heavy (non-hydrogen) atoms. The van der Waals surface area contributed by atoms with Crippen molar-refractivity contribution in [1.82, 2.24) is 15.1 Å². The van der Waals surface area contributed by atoms with Gasteiger partial charge in [0.15, 0.2) is 0 Å². The minimum Gasteiger partial charge on any atom is -0.387 e. The third-order valence-corrected chi connectivity index (χ3v) is 6.67. The summed E-state index contributed by atoms with van der Waals surface area (Å²) in [4.78, 5) is 14.1. The molecule has 1 aromatic heterocycles. The second-order valence-corrected chi connectivity index (χ2v) is 9.10. The number of amides is 1. The number of aromatic nitrogens is 2. The molecule has 2 atom stereocenters. The Hall–Kier alpha value is -2.41. The molecule has 1 aromatic carbocycles. The lowest BCUT2D eigenvalue weighted by molar-refractivity contribution is -0.140. The van der Waals surface area contributed by atoms with Crippen molar-refractivity contribution >= 4 is 5.91 Å². The molecule has 0 saturated heterocycles. The minimum atomic E-state index is -0.672. The first-order valence-electron chi connectivity index (χ1n) is 10.9. The van der Waals surface area contributed by atoms with E-state index >= 15 is 0 Å². The highest BCUT2D eigenvalue weighted by Gasteiger charge is 2.43. The van der Waals surface area contributed by atoms with Crippen LogP contribution in [0.5, 0.6) is 0 Å². The highest BCUT2D eigenvalue weighted by atomic mass is 19.1.